The first-order chi connectivity index (χ1) is 8.20. The molecule has 0 aromatic carbocycles. The summed E-state index contributed by atoms with van der Waals surface area (Å²) in [6.45, 7) is 6.32. The minimum atomic E-state index is 0.0441. The number of carbonyl (C=O) groups is 1. The van der Waals surface area contributed by atoms with Gasteiger partial charge in [0.2, 0.25) is 5.91 Å². The molecule has 0 aliphatic heterocycles. The van der Waals surface area contributed by atoms with Crippen molar-refractivity contribution in [3.63, 3.8) is 0 Å². The summed E-state index contributed by atoms with van der Waals surface area (Å²) in [5.41, 5.74) is 0. The van der Waals surface area contributed by atoms with Crippen molar-refractivity contribution in [3.8, 4) is 0 Å². The van der Waals surface area contributed by atoms with Crippen LogP contribution in [0.3, 0.4) is 0 Å². The Morgan fingerprint density at radius 2 is 2.41 bits per heavy atom. The Bertz CT molecular complexity index is 408. The molecule has 1 saturated carbocycles. The van der Waals surface area contributed by atoms with Crippen LogP contribution < -0.4 is 5.32 Å². The van der Waals surface area contributed by atoms with Crippen molar-refractivity contribution in [1.82, 2.24) is 5.32 Å². The molecule has 1 aromatic rings. The third-order valence-electron chi connectivity index (χ3n) is 3.20. The Balaban J connectivity index is 1.77. The van der Waals surface area contributed by atoms with E-state index in [4.69, 9.17) is 4.42 Å². The van der Waals surface area contributed by atoms with E-state index in [9.17, 15) is 4.79 Å². The van der Waals surface area contributed by atoms with Gasteiger partial charge in [-0.3, -0.25) is 4.79 Å². The normalized spacial score (nSPS) is 22.2. The zero-order chi connectivity index (χ0) is 12.3. The van der Waals surface area contributed by atoms with Gasteiger partial charge in [-0.1, -0.05) is 13.0 Å². The minimum Gasteiger partial charge on any atom is -0.466 e. The van der Waals surface area contributed by atoms with Crippen molar-refractivity contribution in [2.24, 2.45) is 5.92 Å². The summed E-state index contributed by atoms with van der Waals surface area (Å²) in [6.07, 6.45) is 4.05. The first kappa shape index (κ1) is 12.0. The fourth-order valence-corrected chi connectivity index (χ4v) is 1.96. The van der Waals surface area contributed by atoms with E-state index in [1.165, 1.54) is 6.42 Å². The molecule has 3 heteroatoms. The van der Waals surface area contributed by atoms with Crippen LogP contribution >= 0.6 is 0 Å². The first-order valence-electron chi connectivity index (χ1n) is 6.17. The topological polar surface area (TPSA) is 42.2 Å². The molecule has 0 saturated heterocycles. The van der Waals surface area contributed by atoms with Crippen LogP contribution in [0.5, 0.6) is 0 Å². The molecule has 2 atom stereocenters. The zero-order valence-corrected chi connectivity index (χ0v) is 10.2. The fourth-order valence-electron chi connectivity index (χ4n) is 1.96. The molecular formula is C14H19NO2. The summed E-state index contributed by atoms with van der Waals surface area (Å²) >= 11 is 0. The molecule has 0 bridgehead atoms. The van der Waals surface area contributed by atoms with Crippen LogP contribution in [0.2, 0.25) is 0 Å². The maximum absolute atomic E-state index is 11.4. The molecule has 1 heterocycles. The highest BCUT2D eigenvalue weighted by atomic mass is 16.3. The van der Waals surface area contributed by atoms with Crippen LogP contribution in [0.25, 0.3) is 0 Å². The number of rotatable bonds is 6. The van der Waals surface area contributed by atoms with Gasteiger partial charge >= 0.3 is 0 Å². The summed E-state index contributed by atoms with van der Waals surface area (Å²) in [6, 6.07) is 4.03. The lowest BCUT2D eigenvalue weighted by Gasteiger charge is -2.00. The van der Waals surface area contributed by atoms with Gasteiger partial charge in [-0.2, -0.15) is 0 Å². The van der Waals surface area contributed by atoms with Crippen molar-refractivity contribution in [2.45, 2.75) is 32.1 Å². The van der Waals surface area contributed by atoms with E-state index in [2.05, 4.69) is 18.8 Å². The molecule has 1 aliphatic carbocycles. The number of amides is 1. The number of carbonyl (C=O) groups excluding carboxylic acids is 1. The van der Waals surface area contributed by atoms with Crippen LogP contribution in [0.15, 0.2) is 29.2 Å². The van der Waals surface area contributed by atoms with E-state index in [0.29, 0.717) is 25.3 Å². The summed E-state index contributed by atoms with van der Waals surface area (Å²) in [7, 11) is 0. The summed E-state index contributed by atoms with van der Waals surface area (Å²) in [4.78, 5) is 11.4. The average Bonchev–Trinajstić information content (AvgIpc) is 2.88. The van der Waals surface area contributed by atoms with Gasteiger partial charge < -0.3 is 9.73 Å². The lowest BCUT2D eigenvalue weighted by Crippen LogP contribution is -2.23. The van der Waals surface area contributed by atoms with Gasteiger partial charge in [0.25, 0.3) is 0 Å². The maximum atomic E-state index is 11.4. The van der Waals surface area contributed by atoms with Gasteiger partial charge in [-0.25, -0.2) is 0 Å². The third-order valence-corrected chi connectivity index (χ3v) is 3.20. The smallest absolute Gasteiger partial charge is 0.220 e. The summed E-state index contributed by atoms with van der Waals surface area (Å²) in [5, 5.41) is 2.75. The predicted molar refractivity (Wildman–Crippen MR) is 66.8 cm³/mol. The van der Waals surface area contributed by atoms with Gasteiger partial charge in [0.1, 0.15) is 11.5 Å². The Morgan fingerprint density at radius 1 is 1.65 bits per heavy atom. The first-order valence-corrected chi connectivity index (χ1v) is 6.17. The standard InChI is InChI=1S/C14H19NO2/c1-3-8-15-14(16)7-5-11-4-6-13(17-11)12-9-10(12)2/h3-4,6,10,12H,1,5,7-9H2,2H3,(H,15,16). The van der Waals surface area contributed by atoms with Crippen LogP contribution in [-0.2, 0) is 11.2 Å². The molecule has 92 valence electrons. The molecule has 0 radical (unpaired) electrons. The van der Waals surface area contributed by atoms with Crippen LogP contribution in [-0.4, -0.2) is 12.5 Å². The molecule has 3 nitrogen and oxygen atoms in total. The SMILES string of the molecule is C=CCNC(=O)CCc1ccc(C2CC2C)o1. The number of nitrogens with one attached hydrogen (secondary N) is 1. The summed E-state index contributed by atoms with van der Waals surface area (Å²) in [5.74, 6) is 3.40. The van der Waals surface area contributed by atoms with E-state index < -0.39 is 0 Å². The van der Waals surface area contributed by atoms with Gasteiger partial charge in [0, 0.05) is 25.3 Å². The Hall–Kier alpha value is -1.51. The van der Waals surface area contributed by atoms with E-state index >= 15 is 0 Å². The monoisotopic (exact) mass is 233 g/mol. The minimum absolute atomic E-state index is 0.0441. The molecule has 1 aliphatic rings. The molecule has 1 amide bonds. The van der Waals surface area contributed by atoms with Crippen molar-refractivity contribution >= 4 is 5.91 Å². The molecule has 2 rings (SSSR count). The van der Waals surface area contributed by atoms with Crippen molar-refractivity contribution < 1.29 is 9.21 Å². The Kier molecular flexibility index (Phi) is 3.67. The van der Waals surface area contributed by atoms with E-state index in [0.717, 1.165) is 17.4 Å². The van der Waals surface area contributed by atoms with E-state index in [1.807, 2.05) is 12.1 Å². The van der Waals surface area contributed by atoms with Crippen LogP contribution in [0, 0.1) is 5.92 Å². The molecule has 2 unspecified atom stereocenters. The molecule has 0 spiro atoms. The molecule has 1 fully saturated rings. The zero-order valence-electron chi connectivity index (χ0n) is 10.2. The Morgan fingerprint density at radius 3 is 3.06 bits per heavy atom. The van der Waals surface area contributed by atoms with Gasteiger partial charge in [0.15, 0.2) is 0 Å². The largest absolute Gasteiger partial charge is 0.466 e. The average molecular weight is 233 g/mol. The van der Waals surface area contributed by atoms with Gasteiger partial charge in [-0.05, 0) is 24.5 Å². The van der Waals surface area contributed by atoms with Crippen LogP contribution in [0.4, 0.5) is 0 Å². The highest BCUT2D eigenvalue weighted by molar-refractivity contribution is 5.76. The maximum Gasteiger partial charge on any atom is 0.220 e. The van der Waals surface area contributed by atoms with E-state index in [-0.39, 0.29) is 5.91 Å². The number of hydrogen-bond donors (Lipinski definition) is 1. The Labute approximate surface area is 102 Å². The second-order valence-electron chi connectivity index (χ2n) is 4.72. The van der Waals surface area contributed by atoms with Crippen molar-refractivity contribution in [2.75, 3.05) is 6.54 Å². The van der Waals surface area contributed by atoms with Crippen molar-refractivity contribution in [1.29, 1.82) is 0 Å². The molecular weight excluding hydrogens is 214 g/mol. The predicted octanol–water partition coefficient (Wildman–Crippen LogP) is 2.64. The van der Waals surface area contributed by atoms with Crippen LogP contribution in [0.1, 0.15) is 37.2 Å². The second-order valence-corrected chi connectivity index (χ2v) is 4.72. The highest BCUT2D eigenvalue weighted by Gasteiger charge is 2.36. The van der Waals surface area contributed by atoms with Gasteiger partial charge in [0.05, 0.1) is 0 Å². The third kappa shape index (κ3) is 3.22. The number of furan rings is 1. The fraction of sp³-hybridized carbons (Fsp3) is 0.500. The molecule has 1 N–H and O–H groups in total. The number of aryl methyl sites for hydroxylation is 1. The van der Waals surface area contributed by atoms with Crippen molar-refractivity contribution in [3.05, 3.63) is 36.3 Å². The molecule has 1 aromatic heterocycles. The quantitative estimate of drug-likeness (QED) is 0.767. The molecule has 17 heavy (non-hydrogen) atoms. The lowest BCUT2D eigenvalue weighted by molar-refractivity contribution is -0.120. The van der Waals surface area contributed by atoms with E-state index in [1.54, 1.807) is 6.08 Å². The highest BCUT2D eigenvalue weighted by Crippen LogP contribution is 2.47. The van der Waals surface area contributed by atoms with Gasteiger partial charge in [-0.15, -0.1) is 6.58 Å². The lowest BCUT2D eigenvalue weighted by atomic mass is 10.2. The number of hydrogen-bond acceptors (Lipinski definition) is 2. The second kappa shape index (κ2) is 5.21. The summed E-state index contributed by atoms with van der Waals surface area (Å²) < 4.78 is 5.73.